The zero-order valence-electron chi connectivity index (χ0n) is 12.1. The van der Waals surface area contributed by atoms with Gasteiger partial charge in [-0.3, -0.25) is 0 Å². The number of ether oxygens (including phenoxy) is 2. The molecule has 0 saturated heterocycles. The third-order valence-electron chi connectivity index (χ3n) is 3.99. The zero-order valence-corrected chi connectivity index (χ0v) is 12.1. The standard InChI is InChI=1S/C16H24O3/c1-4-19-14-8-12(9-14)10-16(17)15-6-5-13(18-3)7-11(15)2/h5-7,12,14,16-17H,4,8-10H2,1-3H3. The molecule has 1 aliphatic rings. The molecule has 0 amide bonds. The van der Waals surface area contributed by atoms with E-state index in [0.717, 1.165) is 42.7 Å². The SMILES string of the molecule is CCOC1CC(CC(O)c2ccc(OC)cc2C)C1. The lowest BCUT2D eigenvalue weighted by Gasteiger charge is -2.36. The summed E-state index contributed by atoms with van der Waals surface area (Å²) in [6.07, 6.45) is 3.04. The summed E-state index contributed by atoms with van der Waals surface area (Å²) in [7, 11) is 1.66. The molecule has 0 radical (unpaired) electrons. The van der Waals surface area contributed by atoms with Crippen LogP contribution in [-0.2, 0) is 4.74 Å². The van der Waals surface area contributed by atoms with Crippen LogP contribution in [0.2, 0.25) is 0 Å². The van der Waals surface area contributed by atoms with Gasteiger partial charge < -0.3 is 14.6 Å². The predicted molar refractivity (Wildman–Crippen MR) is 75.4 cm³/mol. The Morgan fingerprint density at radius 1 is 1.37 bits per heavy atom. The van der Waals surface area contributed by atoms with E-state index in [-0.39, 0.29) is 6.10 Å². The van der Waals surface area contributed by atoms with Crippen LogP contribution in [0.15, 0.2) is 18.2 Å². The Hall–Kier alpha value is -1.06. The average molecular weight is 264 g/mol. The maximum Gasteiger partial charge on any atom is 0.119 e. The third kappa shape index (κ3) is 3.48. The highest BCUT2D eigenvalue weighted by atomic mass is 16.5. The second-order valence-electron chi connectivity index (χ2n) is 5.39. The molecule has 1 unspecified atom stereocenters. The van der Waals surface area contributed by atoms with Crippen LogP contribution in [0.3, 0.4) is 0 Å². The molecule has 0 heterocycles. The molecule has 0 aliphatic heterocycles. The molecule has 0 aromatic heterocycles. The fraction of sp³-hybridized carbons (Fsp3) is 0.625. The van der Waals surface area contributed by atoms with E-state index in [4.69, 9.17) is 9.47 Å². The Bertz CT molecular complexity index is 410. The van der Waals surface area contributed by atoms with Gasteiger partial charge >= 0.3 is 0 Å². The van der Waals surface area contributed by atoms with Gasteiger partial charge in [-0.25, -0.2) is 0 Å². The smallest absolute Gasteiger partial charge is 0.119 e. The van der Waals surface area contributed by atoms with Gasteiger partial charge in [0, 0.05) is 6.61 Å². The van der Waals surface area contributed by atoms with Gasteiger partial charge in [0.1, 0.15) is 5.75 Å². The maximum atomic E-state index is 10.3. The van der Waals surface area contributed by atoms with Crippen molar-refractivity contribution in [1.82, 2.24) is 0 Å². The number of rotatable bonds is 6. The van der Waals surface area contributed by atoms with Crippen LogP contribution in [0.1, 0.15) is 43.4 Å². The van der Waals surface area contributed by atoms with Gasteiger partial charge in [0.15, 0.2) is 0 Å². The van der Waals surface area contributed by atoms with Crippen molar-refractivity contribution in [3.8, 4) is 5.75 Å². The topological polar surface area (TPSA) is 38.7 Å². The first-order valence-corrected chi connectivity index (χ1v) is 7.08. The summed E-state index contributed by atoms with van der Waals surface area (Å²) >= 11 is 0. The molecule has 3 nitrogen and oxygen atoms in total. The normalized spacial score (nSPS) is 23.8. The van der Waals surface area contributed by atoms with Crippen molar-refractivity contribution in [2.45, 2.75) is 45.3 Å². The molecule has 0 spiro atoms. The quantitative estimate of drug-likeness (QED) is 0.857. The van der Waals surface area contributed by atoms with E-state index in [1.165, 1.54) is 0 Å². The lowest BCUT2D eigenvalue weighted by atomic mass is 9.77. The highest BCUT2D eigenvalue weighted by molar-refractivity contribution is 5.36. The van der Waals surface area contributed by atoms with Gasteiger partial charge in [0.05, 0.1) is 19.3 Å². The monoisotopic (exact) mass is 264 g/mol. The Kier molecular flexibility index (Phi) is 4.83. The first-order valence-electron chi connectivity index (χ1n) is 7.08. The Balaban J connectivity index is 1.88. The maximum absolute atomic E-state index is 10.3. The van der Waals surface area contributed by atoms with Gasteiger partial charge in [0.25, 0.3) is 0 Å². The second kappa shape index (κ2) is 6.40. The van der Waals surface area contributed by atoms with Crippen molar-refractivity contribution in [2.24, 2.45) is 5.92 Å². The van der Waals surface area contributed by atoms with Gasteiger partial charge in [-0.05, 0) is 62.3 Å². The summed E-state index contributed by atoms with van der Waals surface area (Å²) < 4.78 is 10.7. The van der Waals surface area contributed by atoms with Crippen molar-refractivity contribution >= 4 is 0 Å². The highest BCUT2D eigenvalue weighted by Gasteiger charge is 2.31. The van der Waals surface area contributed by atoms with Crippen molar-refractivity contribution in [2.75, 3.05) is 13.7 Å². The Labute approximate surface area is 115 Å². The van der Waals surface area contributed by atoms with Gasteiger partial charge in [-0.2, -0.15) is 0 Å². The molecular formula is C16H24O3. The van der Waals surface area contributed by atoms with Crippen LogP contribution in [0.5, 0.6) is 5.75 Å². The summed E-state index contributed by atoms with van der Waals surface area (Å²) in [5.74, 6) is 1.43. The van der Waals surface area contributed by atoms with Gasteiger partial charge in [-0.1, -0.05) is 6.07 Å². The van der Waals surface area contributed by atoms with E-state index in [1.807, 2.05) is 32.0 Å². The first-order chi connectivity index (χ1) is 9.13. The average Bonchev–Trinajstić information content (AvgIpc) is 2.35. The number of hydrogen-bond donors (Lipinski definition) is 1. The van der Waals surface area contributed by atoms with E-state index in [9.17, 15) is 5.11 Å². The van der Waals surface area contributed by atoms with Crippen LogP contribution in [0.25, 0.3) is 0 Å². The fourth-order valence-electron chi connectivity index (χ4n) is 2.83. The van der Waals surface area contributed by atoms with E-state index >= 15 is 0 Å². The van der Waals surface area contributed by atoms with Gasteiger partial charge in [-0.15, -0.1) is 0 Å². The molecule has 1 atom stereocenters. The zero-order chi connectivity index (χ0) is 13.8. The molecule has 1 saturated carbocycles. The predicted octanol–water partition coefficient (Wildman–Crippen LogP) is 3.24. The Morgan fingerprint density at radius 2 is 2.11 bits per heavy atom. The molecule has 1 aliphatic carbocycles. The van der Waals surface area contributed by atoms with E-state index < -0.39 is 0 Å². The molecule has 19 heavy (non-hydrogen) atoms. The van der Waals surface area contributed by atoms with Crippen LogP contribution >= 0.6 is 0 Å². The first kappa shape index (κ1) is 14.4. The van der Waals surface area contributed by atoms with Crippen LogP contribution in [0.4, 0.5) is 0 Å². The summed E-state index contributed by atoms with van der Waals surface area (Å²) in [6.45, 7) is 4.84. The summed E-state index contributed by atoms with van der Waals surface area (Å²) in [6, 6.07) is 5.86. The number of aliphatic hydroxyl groups is 1. The number of aliphatic hydroxyl groups excluding tert-OH is 1. The minimum atomic E-state index is -0.376. The molecule has 1 N–H and O–H groups in total. The van der Waals surface area contributed by atoms with Crippen LogP contribution < -0.4 is 4.74 Å². The summed E-state index contributed by atoms with van der Waals surface area (Å²) in [5.41, 5.74) is 2.10. The molecule has 0 bridgehead atoms. The third-order valence-corrected chi connectivity index (χ3v) is 3.99. The van der Waals surface area contributed by atoms with E-state index in [1.54, 1.807) is 7.11 Å². The molecular weight excluding hydrogens is 240 g/mol. The van der Waals surface area contributed by atoms with E-state index in [0.29, 0.717) is 12.0 Å². The van der Waals surface area contributed by atoms with Crippen LogP contribution in [-0.4, -0.2) is 24.9 Å². The molecule has 1 aromatic rings. The lowest BCUT2D eigenvalue weighted by Crippen LogP contribution is -2.32. The molecule has 1 fully saturated rings. The van der Waals surface area contributed by atoms with Crippen molar-refractivity contribution in [3.63, 3.8) is 0 Å². The van der Waals surface area contributed by atoms with Crippen molar-refractivity contribution < 1.29 is 14.6 Å². The number of benzene rings is 1. The highest BCUT2D eigenvalue weighted by Crippen LogP contribution is 2.37. The molecule has 3 heteroatoms. The number of hydrogen-bond acceptors (Lipinski definition) is 3. The lowest BCUT2D eigenvalue weighted by molar-refractivity contribution is -0.0380. The minimum Gasteiger partial charge on any atom is -0.497 e. The largest absolute Gasteiger partial charge is 0.497 e. The molecule has 2 rings (SSSR count). The second-order valence-corrected chi connectivity index (χ2v) is 5.39. The van der Waals surface area contributed by atoms with Crippen molar-refractivity contribution in [1.29, 1.82) is 0 Å². The minimum absolute atomic E-state index is 0.376. The Morgan fingerprint density at radius 3 is 2.68 bits per heavy atom. The summed E-state index contributed by atoms with van der Waals surface area (Å²) in [5, 5.41) is 10.3. The molecule has 106 valence electrons. The fourth-order valence-corrected chi connectivity index (χ4v) is 2.83. The number of methoxy groups -OCH3 is 1. The van der Waals surface area contributed by atoms with Gasteiger partial charge in [0.2, 0.25) is 0 Å². The summed E-state index contributed by atoms with van der Waals surface area (Å²) in [4.78, 5) is 0. The number of aryl methyl sites for hydroxylation is 1. The van der Waals surface area contributed by atoms with Crippen molar-refractivity contribution in [3.05, 3.63) is 29.3 Å². The molecule has 1 aromatic carbocycles. The van der Waals surface area contributed by atoms with E-state index in [2.05, 4.69) is 0 Å². The van der Waals surface area contributed by atoms with Crippen LogP contribution in [0, 0.1) is 12.8 Å².